The Kier molecular flexibility index (Phi) is 6.36. The lowest BCUT2D eigenvalue weighted by Crippen LogP contribution is -2.31. The number of carboxylic acid groups (broad SMARTS) is 1. The van der Waals surface area contributed by atoms with Crippen LogP contribution in [0.15, 0.2) is 29.2 Å². The first-order valence-electron chi connectivity index (χ1n) is 6.59. The van der Waals surface area contributed by atoms with Gasteiger partial charge in [-0.25, -0.2) is 8.42 Å². The van der Waals surface area contributed by atoms with Crippen molar-refractivity contribution < 1.29 is 27.9 Å². The molecule has 0 aliphatic rings. The zero-order chi connectivity index (χ0) is 16.8. The summed E-state index contributed by atoms with van der Waals surface area (Å²) in [7, 11) is -1.80. The van der Waals surface area contributed by atoms with Gasteiger partial charge in [0.25, 0.3) is 0 Å². The quantitative estimate of drug-likeness (QED) is 0.708. The number of hydrogen-bond donors (Lipinski definition) is 1. The lowest BCUT2D eigenvalue weighted by molar-refractivity contribution is -0.143. The van der Waals surface area contributed by atoms with Gasteiger partial charge in [-0.2, -0.15) is 0 Å². The smallest absolute Gasteiger partial charge is 0.323 e. The number of carbonyl (C=O) groups is 2. The lowest BCUT2D eigenvalue weighted by Gasteiger charge is -2.14. The molecule has 0 aliphatic carbocycles. The molecule has 122 valence electrons. The molecule has 0 fully saturated rings. The van der Waals surface area contributed by atoms with Crippen LogP contribution in [0.25, 0.3) is 0 Å². The number of rotatable bonds is 8. The minimum Gasteiger partial charge on any atom is -0.494 e. The van der Waals surface area contributed by atoms with Crippen LogP contribution in [-0.4, -0.2) is 56.8 Å². The highest BCUT2D eigenvalue weighted by Crippen LogP contribution is 2.16. The van der Waals surface area contributed by atoms with Crippen LogP contribution in [0.5, 0.6) is 5.75 Å². The van der Waals surface area contributed by atoms with Gasteiger partial charge >= 0.3 is 5.97 Å². The van der Waals surface area contributed by atoms with Gasteiger partial charge in [0.1, 0.15) is 12.3 Å². The summed E-state index contributed by atoms with van der Waals surface area (Å²) >= 11 is 0. The molecule has 1 aromatic rings. The van der Waals surface area contributed by atoms with E-state index in [2.05, 4.69) is 0 Å². The Hall–Kier alpha value is -2.09. The van der Waals surface area contributed by atoms with E-state index in [0.717, 1.165) is 11.2 Å². The van der Waals surface area contributed by atoms with Crippen LogP contribution < -0.4 is 4.74 Å². The summed E-state index contributed by atoms with van der Waals surface area (Å²) in [6.07, 6.45) is 1.75. The molecule has 0 atom stereocenters. The molecule has 0 bridgehead atoms. The van der Waals surface area contributed by atoms with Crippen LogP contribution in [0.3, 0.4) is 0 Å². The van der Waals surface area contributed by atoms with Gasteiger partial charge in [0.05, 0.1) is 11.5 Å². The maximum absolute atomic E-state index is 11.6. The molecular weight excluding hydrogens is 310 g/mol. The molecule has 1 N–H and O–H groups in total. The van der Waals surface area contributed by atoms with E-state index in [0.29, 0.717) is 12.2 Å². The number of ether oxygens (including phenoxy) is 1. The third-order valence-electron chi connectivity index (χ3n) is 2.85. The van der Waals surface area contributed by atoms with Crippen molar-refractivity contribution in [1.29, 1.82) is 0 Å². The van der Waals surface area contributed by atoms with E-state index in [9.17, 15) is 18.0 Å². The predicted octanol–water partition coefficient (Wildman–Crippen LogP) is 0.792. The molecule has 0 aromatic heterocycles. The third-order valence-corrected chi connectivity index (χ3v) is 3.98. The molecule has 1 rings (SSSR count). The van der Waals surface area contributed by atoms with Crippen LogP contribution in [0.2, 0.25) is 0 Å². The number of carbonyl (C=O) groups excluding carboxylic acids is 1. The summed E-state index contributed by atoms with van der Waals surface area (Å²) < 4.78 is 28.0. The van der Waals surface area contributed by atoms with Crippen molar-refractivity contribution in [3.63, 3.8) is 0 Å². The number of sulfone groups is 1. The van der Waals surface area contributed by atoms with Crippen LogP contribution in [0.4, 0.5) is 0 Å². The van der Waals surface area contributed by atoms with Crippen LogP contribution in [-0.2, 0) is 19.4 Å². The third kappa shape index (κ3) is 6.13. The van der Waals surface area contributed by atoms with Gasteiger partial charge in [-0.15, -0.1) is 0 Å². The normalized spacial score (nSPS) is 11.0. The molecule has 0 heterocycles. The SMILES string of the molecule is CN(CC(=O)O)C(=O)CCCOc1ccc(S(C)(=O)=O)cc1. The first-order valence-corrected chi connectivity index (χ1v) is 8.48. The van der Waals surface area contributed by atoms with Gasteiger partial charge < -0.3 is 14.7 Å². The highest BCUT2D eigenvalue weighted by atomic mass is 32.2. The molecule has 8 heteroatoms. The maximum atomic E-state index is 11.6. The summed E-state index contributed by atoms with van der Waals surface area (Å²) in [5.74, 6) is -0.810. The van der Waals surface area contributed by atoms with E-state index in [1.807, 2.05) is 0 Å². The second kappa shape index (κ2) is 7.79. The summed E-state index contributed by atoms with van der Waals surface area (Å²) in [6, 6.07) is 6.01. The van der Waals surface area contributed by atoms with E-state index in [-0.39, 0.29) is 30.4 Å². The molecule has 1 aromatic carbocycles. The largest absolute Gasteiger partial charge is 0.494 e. The monoisotopic (exact) mass is 329 g/mol. The number of hydrogen-bond acceptors (Lipinski definition) is 5. The Morgan fingerprint density at radius 3 is 2.32 bits per heavy atom. The first-order chi connectivity index (χ1) is 10.2. The molecule has 0 aliphatic heterocycles. The highest BCUT2D eigenvalue weighted by Gasteiger charge is 2.11. The van der Waals surface area contributed by atoms with E-state index in [4.69, 9.17) is 9.84 Å². The molecule has 22 heavy (non-hydrogen) atoms. The van der Waals surface area contributed by atoms with Gasteiger partial charge in [-0.05, 0) is 30.7 Å². The molecule has 0 unspecified atom stereocenters. The number of likely N-dealkylation sites (N-methyl/N-ethyl adjacent to an activating group) is 1. The number of aliphatic carboxylic acids is 1. The highest BCUT2D eigenvalue weighted by molar-refractivity contribution is 7.90. The number of carboxylic acids is 1. The second-order valence-electron chi connectivity index (χ2n) is 4.84. The summed E-state index contributed by atoms with van der Waals surface area (Å²) in [4.78, 5) is 23.4. The standard InChI is InChI=1S/C14H19NO6S/c1-15(10-14(17)18)13(16)4-3-9-21-11-5-7-12(8-6-11)22(2,19)20/h5-8H,3-4,9-10H2,1-2H3,(H,17,18). The van der Waals surface area contributed by atoms with Gasteiger partial charge in [0.2, 0.25) is 5.91 Å². The van der Waals surface area contributed by atoms with Crippen LogP contribution >= 0.6 is 0 Å². The van der Waals surface area contributed by atoms with Crippen molar-refractivity contribution in [3.8, 4) is 5.75 Å². The van der Waals surface area contributed by atoms with Gasteiger partial charge in [0, 0.05) is 19.7 Å². The van der Waals surface area contributed by atoms with Crippen molar-refractivity contribution in [3.05, 3.63) is 24.3 Å². The Labute approximate surface area is 129 Å². The van der Waals surface area contributed by atoms with Crippen LogP contribution in [0, 0.1) is 0 Å². The van der Waals surface area contributed by atoms with Crippen molar-refractivity contribution >= 4 is 21.7 Å². The average Bonchev–Trinajstić information content (AvgIpc) is 2.42. The summed E-state index contributed by atoms with van der Waals surface area (Å²) in [5, 5.41) is 8.57. The average molecular weight is 329 g/mol. The summed E-state index contributed by atoms with van der Waals surface area (Å²) in [6.45, 7) is -0.0441. The Morgan fingerprint density at radius 2 is 1.82 bits per heavy atom. The molecule has 0 saturated carbocycles. The minimum atomic E-state index is -3.23. The summed E-state index contributed by atoms with van der Waals surface area (Å²) in [5.41, 5.74) is 0. The predicted molar refractivity (Wildman–Crippen MR) is 79.6 cm³/mol. The Balaban J connectivity index is 2.36. The van der Waals surface area contributed by atoms with Crippen molar-refractivity contribution in [2.75, 3.05) is 26.5 Å². The van der Waals surface area contributed by atoms with Crippen molar-refractivity contribution in [1.82, 2.24) is 4.90 Å². The molecule has 7 nitrogen and oxygen atoms in total. The molecule has 1 amide bonds. The zero-order valence-electron chi connectivity index (χ0n) is 12.5. The van der Waals surface area contributed by atoms with E-state index in [1.54, 1.807) is 12.1 Å². The topological polar surface area (TPSA) is 101 Å². The van der Waals surface area contributed by atoms with Gasteiger partial charge in [0.15, 0.2) is 9.84 Å². The Bertz CT molecular complexity index is 623. The molecule has 0 radical (unpaired) electrons. The Morgan fingerprint density at radius 1 is 1.23 bits per heavy atom. The van der Waals surface area contributed by atoms with E-state index >= 15 is 0 Å². The fourth-order valence-corrected chi connectivity index (χ4v) is 2.31. The molecule has 0 spiro atoms. The van der Waals surface area contributed by atoms with Crippen molar-refractivity contribution in [2.45, 2.75) is 17.7 Å². The van der Waals surface area contributed by atoms with Crippen LogP contribution in [0.1, 0.15) is 12.8 Å². The molecule has 0 saturated heterocycles. The molecular formula is C14H19NO6S. The lowest BCUT2D eigenvalue weighted by atomic mass is 10.3. The van der Waals surface area contributed by atoms with Gasteiger partial charge in [-0.3, -0.25) is 9.59 Å². The van der Waals surface area contributed by atoms with E-state index in [1.165, 1.54) is 19.2 Å². The second-order valence-corrected chi connectivity index (χ2v) is 6.85. The zero-order valence-corrected chi connectivity index (χ0v) is 13.3. The first kappa shape index (κ1) is 18.0. The van der Waals surface area contributed by atoms with Crippen molar-refractivity contribution in [2.24, 2.45) is 0 Å². The number of benzene rings is 1. The van der Waals surface area contributed by atoms with E-state index < -0.39 is 15.8 Å². The minimum absolute atomic E-state index is 0.186. The number of amides is 1. The fourth-order valence-electron chi connectivity index (χ4n) is 1.68. The fraction of sp³-hybridized carbons (Fsp3) is 0.429. The van der Waals surface area contributed by atoms with Gasteiger partial charge in [-0.1, -0.05) is 0 Å². The maximum Gasteiger partial charge on any atom is 0.323 e. The number of nitrogens with zero attached hydrogens (tertiary/aromatic N) is 1.